The molecule has 2 aliphatic heterocycles. The summed E-state index contributed by atoms with van der Waals surface area (Å²) in [7, 11) is 0. The first-order valence-corrected chi connectivity index (χ1v) is 11.7. The van der Waals surface area contributed by atoms with Gasteiger partial charge in [-0.05, 0) is 24.3 Å². The largest absolute Gasteiger partial charge is 0.431 e. The molecule has 0 saturated carbocycles. The zero-order valence-electron chi connectivity index (χ0n) is 18.9. The number of hydrogen-bond donors (Lipinski definition) is 1. The van der Waals surface area contributed by atoms with Gasteiger partial charge in [-0.25, -0.2) is 13.1 Å². The smallest absolute Gasteiger partial charge is 0.314 e. The second kappa shape index (κ2) is 11.8. The highest BCUT2D eigenvalue weighted by Gasteiger charge is 2.38. The summed E-state index contributed by atoms with van der Waals surface area (Å²) >= 11 is 1.39. The molecule has 0 aliphatic carbocycles. The Labute approximate surface area is 200 Å². The molecule has 0 spiro atoms. The predicted molar refractivity (Wildman–Crippen MR) is 127 cm³/mol. The van der Waals surface area contributed by atoms with Crippen LogP contribution in [0.15, 0.2) is 52.7 Å². The van der Waals surface area contributed by atoms with E-state index in [4.69, 9.17) is 0 Å². The number of anilines is 1. The third-order valence-electron chi connectivity index (χ3n) is 5.04. The summed E-state index contributed by atoms with van der Waals surface area (Å²) in [5.41, 5.74) is 0.236. The first-order chi connectivity index (χ1) is 16.3. The molecule has 184 valence electrons. The minimum atomic E-state index is -4.56. The first-order valence-electron chi connectivity index (χ1n) is 11.0. The van der Waals surface area contributed by atoms with E-state index in [-0.39, 0.29) is 17.8 Å². The van der Waals surface area contributed by atoms with E-state index in [1.807, 2.05) is 13.8 Å². The fraction of sp³-hybridized carbons (Fsp3) is 0.391. The van der Waals surface area contributed by atoms with Gasteiger partial charge in [0, 0.05) is 55.9 Å². The van der Waals surface area contributed by atoms with Crippen LogP contribution in [0, 0.1) is 11.6 Å². The summed E-state index contributed by atoms with van der Waals surface area (Å²) in [6, 6.07) is 10.3. The van der Waals surface area contributed by atoms with Crippen LogP contribution in [-0.4, -0.2) is 48.1 Å². The summed E-state index contributed by atoms with van der Waals surface area (Å²) in [5, 5.41) is 10.0. The van der Waals surface area contributed by atoms with Crippen molar-refractivity contribution in [2.24, 2.45) is 10.2 Å². The average Bonchev–Trinajstić information content (AvgIpc) is 3.33. The van der Waals surface area contributed by atoms with Crippen molar-refractivity contribution in [3.05, 3.63) is 65.2 Å². The van der Waals surface area contributed by atoms with Gasteiger partial charge in [0.2, 0.25) is 0 Å². The lowest BCUT2D eigenvalue weighted by molar-refractivity contribution is -0.0596. The minimum Gasteiger partial charge on any atom is -0.314 e. The van der Waals surface area contributed by atoms with Crippen LogP contribution in [0.5, 0.6) is 0 Å². The fourth-order valence-electron chi connectivity index (χ4n) is 3.34. The molecule has 2 aromatic carbocycles. The molecular formula is C23H26F5N5S. The van der Waals surface area contributed by atoms with E-state index in [2.05, 4.69) is 19.8 Å². The van der Waals surface area contributed by atoms with Gasteiger partial charge >= 0.3 is 6.18 Å². The predicted octanol–water partition coefficient (Wildman–Crippen LogP) is 5.58. The Balaban J connectivity index is 0.00000158. The van der Waals surface area contributed by atoms with Crippen LogP contribution < -0.4 is 9.62 Å². The Kier molecular flexibility index (Phi) is 9.03. The highest BCUT2D eigenvalue weighted by Crippen LogP contribution is 2.30. The molecule has 1 saturated heterocycles. The Bertz CT molecular complexity index is 1030. The number of piperazine rings is 1. The molecule has 2 aromatic rings. The zero-order chi connectivity index (χ0) is 24.7. The van der Waals surface area contributed by atoms with E-state index in [0.717, 1.165) is 26.2 Å². The molecule has 34 heavy (non-hydrogen) atoms. The molecule has 2 heterocycles. The van der Waals surface area contributed by atoms with E-state index in [1.54, 1.807) is 16.4 Å². The maximum atomic E-state index is 14.9. The molecule has 0 amide bonds. The van der Waals surface area contributed by atoms with Crippen molar-refractivity contribution in [3.8, 4) is 0 Å². The lowest BCUT2D eigenvalue weighted by atomic mass is 10.0. The van der Waals surface area contributed by atoms with E-state index >= 15 is 0 Å². The Morgan fingerprint density at radius 1 is 1.03 bits per heavy atom. The Hall–Kier alpha value is -2.50. The SMILES string of the molecule is CC.Fc1cccc(N(Cc2ccc(C3=NN=C(C(F)(F)F)C3)cc2F)SN2CCNCC2)c1. The summed E-state index contributed by atoms with van der Waals surface area (Å²) in [5.74, 6) is -0.975. The molecule has 11 heteroatoms. The van der Waals surface area contributed by atoms with Gasteiger partial charge in [0.25, 0.3) is 0 Å². The van der Waals surface area contributed by atoms with Crippen molar-refractivity contribution >= 4 is 29.2 Å². The second-order valence-electron chi connectivity index (χ2n) is 7.35. The number of halogens is 5. The van der Waals surface area contributed by atoms with Crippen molar-refractivity contribution in [2.75, 3.05) is 30.5 Å². The lowest BCUT2D eigenvalue weighted by Crippen LogP contribution is -2.41. The molecule has 0 atom stereocenters. The highest BCUT2D eigenvalue weighted by atomic mass is 32.2. The summed E-state index contributed by atoms with van der Waals surface area (Å²) < 4.78 is 71.0. The Morgan fingerprint density at radius 2 is 1.76 bits per heavy atom. The molecule has 0 unspecified atom stereocenters. The van der Waals surface area contributed by atoms with Gasteiger partial charge in [-0.2, -0.15) is 18.3 Å². The van der Waals surface area contributed by atoms with Crippen molar-refractivity contribution in [1.29, 1.82) is 0 Å². The van der Waals surface area contributed by atoms with Crippen LogP contribution in [-0.2, 0) is 6.54 Å². The lowest BCUT2D eigenvalue weighted by Gasteiger charge is -2.32. The van der Waals surface area contributed by atoms with Crippen molar-refractivity contribution in [3.63, 3.8) is 0 Å². The summed E-state index contributed by atoms with van der Waals surface area (Å²) in [6.45, 7) is 7.33. The molecule has 0 radical (unpaired) electrons. The molecule has 4 rings (SSSR count). The van der Waals surface area contributed by atoms with Crippen LogP contribution in [0.3, 0.4) is 0 Å². The molecule has 2 aliphatic rings. The highest BCUT2D eigenvalue weighted by molar-refractivity contribution is 7.98. The quantitative estimate of drug-likeness (QED) is 0.417. The number of rotatable bonds is 6. The summed E-state index contributed by atoms with van der Waals surface area (Å²) in [4.78, 5) is 0. The molecule has 1 fully saturated rings. The van der Waals surface area contributed by atoms with Gasteiger partial charge in [-0.1, -0.05) is 32.0 Å². The van der Waals surface area contributed by atoms with Crippen LogP contribution in [0.4, 0.5) is 27.6 Å². The molecular weight excluding hydrogens is 473 g/mol. The van der Waals surface area contributed by atoms with Crippen molar-refractivity contribution in [2.45, 2.75) is 33.0 Å². The number of benzene rings is 2. The minimum absolute atomic E-state index is 0.0694. The van der Waals surface area contributed by atoms with Crippen molar-refractivity contribution < 1.29 is 22.0 Å². The van der Waals surface area contributed by atoms with Crippen LogP contribution in [0.2, 0.25) is 0 Å². The third-order valence-corrected chi connectivity index (χ3v) is 6.17. The van der Waals surface area contributed by atoms with Gasteiger partial charge in [0.1, 0.15) is 17.3 Å². The van der Waals surface area contributed by atoms with Gasteiger partial charge < -0.3 is 5.32 Å². The number of alkyl halides is 3. The van der Waals surface area contributed by atoms with Gasteiger partial charge in [-0.3, -0.25) is 4.31 Å². The maximum Gasteiger partial charge on any atom is 0.431 e. The fourth-order valence-corrected chi connectivity index (χ4v) is 4.37. The van der Waals surface area contributed by atoms with E-state index in [9.17, 15) is 22.0 Å². The number of nitrogens with one attached hydrogen (secondary N) is 1. The first kappa shape index (κ1) is 26.1. The van der Waals surface area contributed by atoms with Gasteiger partial charge in [0.05, 0.1) is 17.9 Å². The van der Waals surface area contributed by atoms with E-state index < -0.39 is 29.9 Å². The second-order valence-corrected chi connectivity index (χ2v) is 8.47. The zero-order valence-corrected chi connectivity index (χ0v) is 19.7. The van der Waals surface area contributed by atoms with Gasteiger partial charge in [-0.15, -0.1) is 5.10 Å². The van der Waals surface area contributed by atoms with E-state index in [1.165, 1.54) is 42.5 Å². The van der Waals surface area contributed by atoms with Crippen LogP contribution in [0.25, 0.3) is 0 Å². The average molecular weight is 500 g/mol. The molecule has 0 bridgehead atoms. The number of nitrogens with zero attached hydrogens (tertiary/aromatic N) is 4. The molecule has 5 nitrogen and oxygen atoms in total. The number of hydrogen-bond acceptors (Lipinski definition) is 6. The topological polar surface area (TPSA) is 43.2 Å². The van der Waals surface area contributed by atoms with Crippen LogP contribution in [0.1, 0.15) is 31.4 Å². The van der Waals surface area contributed by atoms with Gasteiger partial charge in [0.15, 0.2) is 0 Å². The third kappa shape index (κ3) is 6.77. The monoisotopic (exact) mass is 499 g/mol. The van der Waals surface area contributed by atoms with Crippen molar-refractivity contribution in [1.82, 2.24) is 9.62 Å². The standard InChI is InChI=1S/C21H20F5N5S.C2H6/c22-16-2-1-3-17(11-16)31(32-30-8-6-27-7-9-30)13-15-5-4-14(10-18(15)23)19-12-20(29-28-19)21(24,25)26;1-2/h1-5,10-11,27H,6-9,12-13H2;1-2H3. The Morgan fingerprint density at radius 3 is 2.38 bits per heavy atom. The summed E-state index contributed by atoms with van der Waals surface area (Å²) in [6.07, 6.45) is -5.05. The normalized spacial score (nSPS) is 16.4. The molecule has 0 aromatic heterocycles. The maximum absolute atomic E-state index is 14.9. The molecule has 1 N–H and O–H groups in total. The van der Waals surface area contributed by atoms with Crippen LogP contribution >= 0.6 is 12.1 Å². The van der Waals surface area contributed by atoms with E-state index in [0.29, 0.717) is 11.3 Å².